The number of halogens is 2. The summed E-state index contributed by atoms with van der Waals surface area (Å²) in [5.74, 6) is 0. The maximum absolute atomic E-state index is 11.1. The quantitative estimate of drug-likeness (QED) is 0.483. The van der Waals surface area contributed by atoms with E-state index in [4.69, 9.17) is 5.11 Å². The molecule has 0 amide bonds. The number of alkyl halides is 2. The molecule has 0 aliphatic rings. The molecule has 0 spiro atoms. The van der Waals surface area contributed by atoms with Gasteiger partial charge in [-0.05, 0) is 7.05 Å². The summed E-state index contributed by atoms with van der Waals surface area (Å²) >= 11 is 0. The summed E-state index contributed by atoms with van der Waals surface area (Å²) in [5, 5.41) is 10.0. The second-order valence-corrected chi connectivity index (χ2v) is 1.07. The molecule has 0 aromatic carbocycles. The average molecular weight is 111 g/mol. The minimum atomic E-state index is -2.69. The van der Waals surface area contributed by atoms with Gasteiger partial charge in [0.1, 0.15) is 0 Å². The van der Waals surface area contributed by atoms with Crippen LogP contribution >= 0.6 is 0 Å². The van der Waals surface area contributed by atoms with E-state index in [1.54, 1.807) is 0 Å². The summed E-state index contributed by atoms with van der Waals surface area (Å²) < 4.78 is 22.2. The predicted octanol–water partition coefficient (Wildman–Crippen LogP) is -0.211. The van der Waals surface area contributed by atoms with Gasteiger partial charge in [0.15, 0.2) is 6.23 Å². The minimum Gasteiger partial charge on any atom is -0.373 e. The lowest BCUT2D eigenvalue weighted by Crippen LogP contribution is -2.31. The van der Waals surface area contributed by atoms with Gasteiger partial charge in [0.2, 0.25) is 0 Å². The van der Waals surface area contributed by atoms with Crippen LogP contribution in [0.1, 0.15) is 0 Å². The van der Waals surface area contributed by atoms with Crippen LogP contribution in [0.4, 0.5) is 8.78 Å². The van der Waals surface area contributed by atoms with Crippen LogP contribution in [0.5, 0.6) is 0 Å². The maximum Gasteiger partial charge on any atom is 0.277 e. The Kier molecular flexibility index (Phi) is 2.78. The zero-order chi connectivity index (χ0) is 5.86. The minimum absolute atomic E-state index is 1.26. The first kappa shape index (κ1) is 6.78. The van der Waals surface area contributed by atoms with Gasteiger partial charge in [-0.15, -0.1) is 0 Å². The number of rotatable bonds is 2. The molecule has 2 N–H and O–H groups in total. The smallest absolute Gasteiger partial charge is 0.277 e. The van der Waals surface area contributed by atoms with Gasteiger partial charge in [-0.3, -0.25) is 5.32 Å². The Morgan fingerprint density at radius 1 is 1.57 bits per heavy atom. The Morgan fingerprint density at radius 3 is 2.00 bits per heavy atom. The Labute approximate surface area is 40.1 Å². The Bertz CT molecular complexity index is 50.2. The van der Waals surface area contributed by atoms with Crippen molar-refractivity contribution in [1.82, 2.24) is 5.32 Å². The highest BCUT2D eigenvalue weighted by molar-refractivity contribution is 4.47. The van der Waals surface area contributed by atoms with Gasteiger partial charge in [-0.1, -0.05) is 0 Å². The highest BCUT2D eigenvalue weighted by Gasteiger charge is 2.12. The monoisotopic (exact) mass is 111 g/mol. The van der Waals surface area contributed by atoms with E-state index in [9.17, 15) is 8.78 Å². The van der Waals surface area contributed by atoms with Gasteiger partial charge in [-0.25, -0.2) is 8.78 Å². The maximum atomic E-state index is 11.1. The summed E-state index contributed by atoms with van der Waals surface area (Å²) in [4.78, 5) is 0. The van der Waals surface area contributed by atoms with Crippen molar-refractivity contribution in [3.05, 3.63) is 0 Å². The molecule has 0 saturated carbocycles. The molecular formula is C3H7F2NO. The molecule has 0 aromatic heterocycles. The topological polar surface area (TPSA) is 32.3 Å². The molecule has 0 aliphatic carbocycles. The van der Waals surface area contributed by atoms with E-state index in [-0.39, 0.29) is 0 Å². The Balaban J connectivity index is 3.14. The van der Waals surface area contributed by atoms with Crippen LogP contribution in [-0.2, 0) is 0 Å². The lowest BCUT2D eigenvalue weighted by Gasteiger charge is -2.04. The SMILES string of the molecule is CNC(O)C(F)F. The van der Waals surface area contributed by atoms with Crippen molar-refractivity contribution in [3.8, 4) is 0 Å². The van der Waals surface area contributed by atoms with Gasteiger partial charge in [0, 0.05) is 0 Å². The molecule has 1 unspecified atom stereocenters. The molecule has 1 atom stereocenters. The zero-order valence-electron chi connectivity index (χ0n) is 3.86. The molecular weight excluding hydrogens is 104 g/mol. The van der Waals surface area contributed by atoms with E-state index in [1.165, 1.54) is 7.05 Å². The van der Waals surface area contributed by atoms with Crippen molar-refractivity contribution in [2.24, 2.45) is 0 Å². The summed E-state index contributed by atoms with van der Waals surface area (Å²) in [7, 11) is 1.26. The Hall–Kier alpha value is -0.220. The van der Waals surface area contributed by atoms with Gasteiger partial charge in [0.05, 0.1) is 0 Å². The van der Waals surface area contributed by atoms with E-state index in [0.29, 0.717) is 0 Å². The molecule has 0 rings (SSSR count). The first-order chi connectivity index (χ1) is 3.18. The number of aliphatic hydroxyl groups is 1. The first-order valence-corrected chi connectivity index (χ1v) is 1.82. The van der Waals surface area contributed by atoms with Crippen LogP contribution in [-0.4, -0.2) is 24.8 Å². The normalized spacial score (nSPS) is 15.0. The molecule has 0 radical (unpaired) electrons. The fourth-order valence-corrected chi connectivity index (χ4v) is 0.126. The Morgan fingerprint density at radius 2 is 2.00 bits per heavy atom. The van der Waals surface area contributed by atoms with Crippen molar-refractivity contribution in [2.75, 3.05) is 7.05 Å². The third-order valence-corrected chi connectivity index (χ3v) is 0.534. The largest absolute Gasteiger partial charge is 0.373 e. The number of hydrogen-bond donors (Lipinski definition) is 2. The van der Waals surface area contributed by atoms with E-state index in [2.05, 4.69) is 0 Å². The van der Waals surface area contributed by atoms with E-state index >= 15 is 0 Å². The second kappa shape index (κ2) is 2.87. The highest BCUT2D eigenvalue weighted by Crippen LogP contribution is 1.94. The summed E-state index contributed by atoms with van der Waals surface area (Å²) in [6.45, 7) is 0. The van der Waals surface area contributed by atoms with Gasteiger partial charge in [0.25, 0.3) is 6.43 Å². The molecule has 2 nitrogen and oxygen atoms in total. The van der Waals surface area contributed by atoms with Crippen LogP contribution in [0.25, 0.3) is 0 Å². The zero-order valence-corrected chi connectivity index (χ0v) is 3.86. The predicted molar refractivity (Wildman–Crippen MR) is 21.1 cm³/mol. The first-order valence-electron chi connectivity index (χ1n) is 1.82. The molecule has 0 aliphatic heterocycles. The fraction of sp³-hybridized carbons (Fsp3) is 1.00. The van der Waals surface area contributed by atoms with Crippen LogP contribution in [0.3, 0.4) is 0 Å². The van der Waals surface area contributed by atoms with Crippen molar-refractivity contribution in [2.45, 2.75) is 12.7 Å². The van der Waals surface area contributed by atoms with Crippen molar-refractivity contribution in [3.63, 3.8) is 0 Å². The number of hydrogen-bond acceptors (Lipinski definition) is 2. The van der Waals surface area contributed by atoms with Crippen LogP contribution in [0.15, 0.2) is 0 Å². The second-order valence-electron chi connectivity index (χ2n) is 1.07. The summed E-state index contributed by atoms with van der Waals surface area (Å²) in [6, 6.07) is 0. The lowest BCUT2D eigenvalue weighted by atomic mass is 10.6. The van der Waals surface area contributed by atoms with E-state index < -0.39 is 12.7 Å². The highest BCUT2D eigenvalue weighted by atomic mass is 19.3. The molecule has 0 aromatic rings. The van der Waals surface area contributed by atoms with E-state index in [1.807, 2.05) is 5.32 Å². The van der Waals surface area contributed by atoms with Crippen LogP contribution in [0, 0.1) is 0 Å². The van der Waals surface area contributed by atoms with Gasteiger partial charge in [-0.2, -0.15) is 0 Å². The summed E-state index contributed by atoms with van der Waals surface area (Å²) in [5.41, 5.74) is 0. The molecule has 7 heavy (non-hydrogen) atoms. The van der Waals surface area contributed by atoms with Gasteiger partial charge < -0.3 is 5.11 Å². The average Bonchev–Trinajstić information content (AvgIpc) is 1.65. The van der Waals surface area contributed by atoms with E-state index in [0.717, 1.165) is 0 Å². The van der Waals surface area contributed by atoms with Crippen LogP contribution < -0.4 is 5.32 Å². The molecule has 4 heteroatoms. The molecule has 44 valence electrons. The molecule has 0 saturated heterocycles. The fourth-order valence-electron chi connectivity index (χ4n) is 0.126. The van der Waals surface area contributed by atoms with Crippen molar-refractivity contribution >= 4 is 0 Å². The number of nitrogens with one attached hydrogen (secondary N) is 1. The molecule has 0 fully saturated rings. The standard InChI is InChI=1S/C3H7F2NO/c1-6-3(7)2(4)5/h2-3,6-7H,1H3. The van der Waals surface area contributed by atoms with Crippen molar-refractivity contribution in [1.29, 1.82) is 0 Å². The number of aliphatic hydroxyl groups excluding tert-OH is 1. The van der Waals surface area contributed by atoms with Crippen LogP contribution in [0.2, 0.25) is 0 Å². The van der Waals surface area contributed by atoms with Gasteiger partial charge >= 0.3 is 0 Å². The third-order valence-electron chi connectivity index (χ3n) is 0.534. The molecule has 0 heterocycles. The summed E-state index contributed by atoms with van der Waals surface area (Å²) in [6.07, 6.45) is -4.37. The third kappa shape index (κ3) is 2.47. The van der Waals surface area contributed by atoms with Crippen molar-refractivity contribution < 1.29 is 13.9 Å². The lowest BCUT2D eigenvalue weighted by molar-refractivity contribution is -0.0197. The molecule has 0 bridgehead atoms.